The minimum absolute atomic E-state index is 0.0974. The summed E-state index contributed by atoms with van der Waals surface area (Å²) in [7, 11) is 0. The molecule has 2 aliphatic rings. The molecule has 7 heteroatoms. The molecule has 3 rings (SSSR count). The molecule has 2 bridgehead atoms. The van der Waals surface area contributed by atoms with Gasteiger partial charge in [0.2, 0.25) is 5.91 Å². The topological polar surface area (TPSA) is 46.2 Å². The number of nitrogens with one attached hydrogen (secondary N) is 1. The SMILES string of the molecule is O=C(NCc1ccc(F)cc1C(F)(F)F)C1CC2CCCC(C1)C2=O. The summed E-state index contributed by atoms with van der Waals surface area (Å²) < 4.78 is 52.1. The van der Waals surface area contributed by atoms with Crippen LogP contribution in [-0.4, -0.2) is 11.7 Å². The lowest BCUT2D eigenvalue weighted by molar-refractivity contribution is -0.140. The first kappa shape index (κ1) is 17.9. The molecule has 0 aromatic heterocycles. The fourth-order valence-electron chi connectivity index (χ4n) is 3.99. The van der Waals surface area contributed by atoms with Crippen LogP contribution in [0.25, 0.3) is 0 Å². The zero-order valence-electron chi connectivity index (χ0n) is 13.5. The Morgan fingerprint density at radius 1 is 1.16 bits per heavy atom. The molecule has 2 saturated carbocycles. The first-order chi connectivity index (χ1) is 11.8. The Morgan fingerprint density at radius 2 is 1.80 bits per heavy atom. The van der Waals surface area contributed by atoms with Crippen molar-refractivity contribution in [1.82, 2.24) is 5.32 Å². The molecule has 2 unspecified atom stereocenters. The second-order valence-electron chi connectivity index (χ2n) is 6.91. The molecule has 136 valence electrons. The highest BCUT2D eigenvalue weighted by molar-refractivity contribution is 5.88. The predicted octanol–water partition coefficient (Wildman–Crippen LogP) is 3.86. The summed E-state index contributed by atoms with van der Waals surface area (Å²) in [5, 5.41) is 2.53. The zero-order valence-corrected chi connectivity index (χ0v) is 13.5. The second kappa shape index (κ2) is 6.77. The maximum atomic E-state index is 13.1. The van der Waals surface area contributed by atoms with Crippen LogP contribution >= 0.6 is 0 Å². The molecular weight excluding hydrogens is 338 g/mol. The third kappa shape index (κ3) is 3.85. The molecule has 0 heterocycles. The number of hydrogen-bond donors (Lipinski definition) is 1. The van der Waals surface area contributed by atoms with Gasteiger partial charge in [0.15, 0.2) is 0 Å². The molecule has 0 aliphatic heterocycles. The van der Waals surface area contributed by atoms with Crippen LogP contribution in [0.2, 0.25) is 0 Å². The molecule has 0 spiro atoms. The van der Waals surface area contributed by atoms with Crippen LogP contribution in [0.5, 0.6) is 0 Å². The van der Waals surface area contributed by atoms with E-state index in [0.29, 0.717) is 18.9 Å². The summed E-state index contributed by atoms with van der Waals surface area (Å²) in [6.45, 7) is -0.312. The minimum atomic E-state index is -4.68. The molecule has 1 aromatic carbocycles. The van der Waals surface area contributed by atoms with E-state index in [1.807, 2.05) is 0 Å². The molecule has 2 fully saturated rings. The maximum absolute atomic E-state index is 13.1. The van der Waals surface area contributed by atoms with Crippen molar-refractivity contribution in [1.29, 1.82) is 0 Å². The van der Waals surface area contributed by atoms with Crippen molar-refractivity contribution in [3.8, 4) is 0 Å². The largest absolute Gasteiger partial charge is 0.416 e. The van der Waals surface area contributed by atoms with Gasteiger partial charge in [-0.1, -0.05) is 12.5 Å². The van der Waals surface area contributed by atoms with Crippen LogP contribution < -0.4 is 5.32 Å². The molecule has 1 amide bonds. The number of carbonyl (C=O) groups is 2. The van der Waals surface area contributed by atoms with Gasteiger partial charge in [0.05, 0.1) is 5.56 Å². The molecule has 2 aliphatic carbocycles. The summed E-state index contributed by atoms with van der Waals surface area (Å²) in [6.07, 6.45) is -1.19. The Morgan fingerprint density at radius 3 is 2.40 bits per heavy atom. The van der Waals surface area contributed by atoms with Crippen molar-refractivity contribution in [3.05, 3.63) is 35.1 Å². The summed E-state index contributed by atoms with van der Waals surface area (Å²) in [5.74, 6) is -1.61. The number of alkyl halides is 3. The highest BCUT2D eigenvalue weighted by atomic mass is 19.4. The summed E-state index contributed by atoms with van der Waals surface area (Å²) >= 11 is 0. The Bertz CT molecular complexity index is 670. The minimum Gasteiger partial charge on any atom is -0.352 e. The number of hydrogen-bond acceptors (Lipinski definition) is 2. The van der Waals surface area contributed by atoms with Gasteiger partial charge in [-0.05, 0) is 43.4 Å². The second-order valence-corrected chi connectivity index (χ2v) is 6.91. The third-order valence-corrected chi connectivity index (χ3v) is 5.25. The Hall–Kier alpha value is -1.92. The Balaban J connectivity index is 1.66. The van der Waals surface area contributed by atoms with E-state index in [2.05, 4.69) is 5.32 Å². The van der Waals surface area contributed by atoms with Crippen molar-refractivity contribution in [3.63, 3.8) is 0 Å². The summed E-state index contributed by atoms with van der Waals surface area (Å²) in [6, 6.07) is 2.42. The average molecular weight is 357 g/mol. The van der Waals surface area contributed by atoms with E-state index in [0.717, 1.165) is 31.4 Å². The lowest BCUT2D eigenvalue weighted by Gasteiger charge is -2.37. The van der Waals surface area contributed by atoms with Gasteiger partial charge < -0.3 is 5.32 Å². The van der Waals surface area contributed by atoms with Gasteiger partial charge in [-0.3, -0.25) is 9.59 Å². The maximum Gasteiger partial charge on any atom is 0.416 e. The van der Waals surface area contributed by atoms with Crippen molar-refractivity contribution >= 4 is 11.7 Å². The van der Waals surface area contributed by atoms with Crippen LogP contribution in [0.15, 0.2) is 18.2 Å². The van der Waals surface area contributed by atoms with Crippen LogP contribution in [-0.2, 0) is 22.3 Å². The Labute approximate surface area is 142 Å². The molecular formula is C18H19F4NO2. The molecule has 2 atom stereocenters. The van der Waals surface area contributed by atoms with Gasteiger partial charge in [-0.15, -0.1) is 0 Å². The number of amides is 1. The fraction of sp³-hybridized carbons (Fsp3) is 0.556. The van der Waals surface area contributed by atoms with E-state index in [-0.39, 0.29) is 41.6 Å². The zero-order chi connectivity index (χ0) is 18.2. The normalized spacial score (nSPS) is 26.4. The third-order valence-electron chi connectivity index (χ3n) is 5.25. The molecule has 25 heavy (non-hydrogen) atoms. The van der Waals surface area contributed by atoms with Gasteiger partial charge in [-0.2, -0.15) is 13.2 Å². The molecule has 0 saturated heterocycles. The first-order valence-electron chi connectivity index (χ1n) is 8.42. The fourth-order valence-corrected chi connectivity index (χ4v) is 3.99. The van der Waals surface area contributed by atoms with E-state index in [1.54, 1.807) is 0 Å². The molecule has 1 N–H and O–H groups in total. The van der Waals surface area contributed by atoms with E-state index >= 15 is 0 Å². The first-order valence-corrected chi connectivity index (χ1v) is 8.42. The van der Waals surface area contributed by atoms with E-state index in [4.69, 9.17) is 0 Å². The summed E-state index contributed by atoms with van der Waals surface area (Å²) in [4.78, 5) is 24.4. The van der Waals surface area contributed by atoms with Crippen molar-refractivity contribution in [2.75, 3.05) is 0 Å². The van der Waals surface area contributed by atoms with Gasteiger partial charge in [0.1, 0.15) is 11.6 Å². The average Bonchev–Trinajstić information content (AvgIpc) is 2.52. The van der Waals surface area contributed by atoms with Crippen molar-refractivity contribution in [2.24, 2.45) is 17.8 Å². The van der Waals surface area contributed by atoms with E-state index < -0.39 is 17.6 Å². The van der Waals surface area contributed by atoms with Gasteiger partial charge in [-0.25, -0.2) is 4.39 Å². The molecule has 0 radical (unpaired) electrons. The predicted molar refractivity (Wildman–Crippen MR) is 81.8 cm³/mol. The Kier molecular flexibility index (Phi) is 4.84. The monoisotopic (exact) mass is 357 g/mol. The van der Waals surface area contributed by atoms with Crippen LogP contribution in [0, 0.1) is 23.6 Å². The van der Waals surface area contributed by atoms with Gasteiger partial charge in [0, 0.05) is 24.3 Å². The number of Topliss-reactive ketones (excluding diaryl/α,β-unsaturated/α-hetero) is 1. The number of carbonyl (C=O) groups excluding carboxylic acids is 2. The van der Waals surface area contributed by atoms with Gasteiger partial charge in [0.25, 0.3) is 0 Å². The van der Waals surface area contributed by atoms with E-state index in [1.165, 1.54) is 0 Å². The molecule has 3 nitrogen and oxygen atoms in total. The number of ketones is 1. The van der Waals surface area contributed by atoms with Crippen molar-refractivity contribution < 1.29 is 27.2 Å². The van der Waals surface area contributed by atoms with Gasteiger partial charge >= 0.3 is 6.18 Å². The lowest BCUT2D eigenvalue weighted by Crippen LogP contribution is -2.42. The number of rotatable bonds is 3. The van der Waals surface area contributed by atoms with Crippen molar-refractivity contribution in [2.45, 2.75) is 44.8 Å². The highest BCUT2D eigenvalue weighted by Crippen LogP contribution is 2.40. The number of fused-ring (bicyclic) bond motifs is 2. The quantitative estimate of drug-likeness (QED) is 0.835. The van der Waals surface area contributed by atoms with Crippen LogP contribution in [0.3, 0.4) is 0 Å². The van der Waals surface area contributed by atoms with E-state index in [9.17, 15) is 27.2 Å². The van der Waals surface area contributed by atoms with Crippen LogP contribution in [0.1, 0.15) is 43.2 Å². The number of halogens is 4. The standard InChI is InChI=1S/C18H19F4NO2/c19-14-5-4-12(15(8-14)18(20,21)22)9-23-17(25)13-6-10-2-1-3-11(7-13)16(10)24/h4-5,8,10-11,13H,1-3,6-7,9H2,(H,23,25). The lowest BCUT2D eigenvalue weighted by atomic mass is 9.67. The molecule has 1 aromatic rings. The highest BCUT2D eigenvalue weighted by Gasteiger charge is 2.41. The van der Waals surface area contributed by atoms with Crippen LogP contribution in [0.4, 0.5) is 17.6 Å². The summed E-state index contributed by atoms with van der Waals surface area (Å²) in [5.41, 5.74) is -1.25. The number of benzene rings is 1. The smallest absolute Gasteiger partial charge is 0.352 e.